The van der Waals surface area contributed by atoms with Crippen molar-refractivity contribution in [1.29, 1.82) is 0 Å². The molecule has 0 radical (unpaired) electrons. The average Bonchev–Trinajstić information content (AvgIpc) is 2.15. The molecule has 2 heteroatoms. The molecule has 1 aromatic carbocycles. The molecule has 0 fully saturated rings. The number of benzene rings is 1. The first kappa shape index (κ1) is 14.0. The third kappa shape index (κ3) is 4.78. The Bertz CT molecular complexity index is 352. The number of hydrogen-bond donors (Lipinski definition) is 2. The Hall–Kier alpha value is -1.02. The molecule has 0 heterocycles. The fourth-order valence-electron chi connectivity index (χ4n) is 2.04. The number of aliphatic hydroxyl groups is 1. The van der Waals surface area contributed by atoms with E-state index in [1.165, 1.54) is 0 Å². The first-order valence-corrected chi connectivity index (χ1v) is 6.38. The number of anilines is 1. The van der Waals surface area contributed by atoms with Crippen LogP contribution in [0.5, 0.6) is 0 Å². The lowest BCUT2D eigenvalue weighted by atomic mass is 9.97. The van der Waals surface area contributed by atoms with Crippen molar-refractivity contribution in [2.24, 2.45) is 5.92 Å². The van der Waals surface area contributed by atoms with Gasteiger partial charge in [0.15, 0.2) is 0 Å². The number of hydrogen-bond acceptors (Lipinski definition) is 2. The van der Waals surface area contributed by atoms with E-state index in [4.69, 9.17) is 0 Å². The highest BCUT2D eigenvalue weighted by atomic mass is 16.3. The second-order valence-corrected chi connectivity index (χ2v) is 5.81. The van der Waals surface area contributed by atoms with Gasteiger partial charge in [0, 0.05) is 11.7 Å². The van der Waals surface area contributed by atoms with E-state index in [-0.39, 0.29) is 0 Å². The van der Waals surface area contributed by atoms with Gasteiger partial charge in [-0.2, -0.15) is 0 Å². The minimum absolute atomic E-state index is 0.451. The maximum Gasteiger partial charge on any atom is 0.0841 e. The molecule has 2 N–H and O–H groups in total. The summed E-state index contributed by atoms with van der Waals surface area (Å²) in [4.78, 5) is 0. The van der Waals surface area contributed by atoms with Gasteiger partial charge >= 0.3 is 0 Å². The van der Waals surface area contributed by atoms with Crippen LogP contribution >= 0.6 is 0 Å². The molecule has 0 spiro atoms. The zero-order valence-corrected chi connectivity index (χ0v) is 11.6. The van der Waals surface area contributed by atoms with Crippen LogP contribution in [0.4, 0.5) is 5.69 Å². The minimum Gasteiger partial charge on any atom is -0.386 e. The van der Waals surface area contributed by atoms with E-state index in [1.807, 2.05) is 38.1 Å². The van der Waals surface area contributed by atoms with Crippen LogP contribution in [0, 0.1) is 5.92 Å². The van der Waals surface area contributed by atoms with Crippen LogP contribution < -0.4 is 5.32 Å². The highest BCUT2D eigenvalue weighted by Crippen LogP contribution is 2.23. The maximum atomic E-state index is 9.97. The standard InChI is InChI=1S/C15H25NO/c1-11(2)9-12(3)16-14-8-6-7-13(10-14)15(4,5)17/h6-8,10-12,16-17H,9H2,1-5H3. The Balaban J connectivity index is 2.72. The van der Waals surface area contributed by atoms with E-state index in [0.29, 0.717) is 12.0 Å². The Morgan fingerprint density at radius 3 is 2.41 bits per heavy atom. The molecule has 1 atom stereocenters. The smallest absolute Gasteiger partial charge is 0.0841 e. The summed E-state index contributed by atoms with van der Waals surface area (Å²) in [7, 11) is 0. The fraction of sp³-hybridized carbons (Fsp3) is 0.600. The van der Waals surface area contributed by atoms with Crippen molar-refractivity contribution in [1.82, 2.24) is 0 Å². The lowest BCUT2D eigenvalue weighted by Crippen LogP contribution is -2.19. The summed E-state index contributed by atoms with van der Waals surface area (Å²) < 4.78 is 0. The molecule has 0 aliphatic heterocycles. The summed E-state index contributed by atoms with van der Waals surface area (Å²) >= 11 is 0. The van der Waals surface area contributed by atoms with Crippen molar-refractivity contribution < 1.29 is 5.11 Å². The molecule has 96 valence electrons. The third-order valence-corrected chi connectivity index (χ3v) is 2.81. The Morgan fingerprint density at radius 1 is 1.24 bits per heavy atom. The van der Waals surface area contributed by atoms with E-state index in [9.17, 15) is 5.11 Å². The predicted molar refractivity (Wildman–Crippen MR) is 74.2 cm³/mol. The fourth-order valence-corrected chi connectivity index (χ4v) is 2.04. The third-order valence-electron chi connectivity index (χ3n) is 2.81. The van der Waals surface area contributed by atoms with Crippen molar-refractivity contribution in [3.05, 3.63) is 29.8 Å². The molecular weight excluding hydrogens is 210 g/mol. The van der Waals surface area contributed by atoms with E-state index in [1.54, 1.807) is 0 Å². The quantitative estimate of drug-likeness (QED) is 0.814. The van der Waals surface area contributed by atoms with Crippen molar-refractivity contribution >= 4 is 5.69 Å². The van der Waals surface area contributed by atoms with Gasteiger partial charge in [-0.1, -0.05) is 26.0 Å². The number of rotatable bonds is 5. The van der Waals surface area contributed by atoms with Crippen molar-refractivity contribution in [2.75, 3.05) is 5.32 Å². The Kier molecular flexibility index (Phi) is 4.58. The van der Waals surface area contributed by atoms with E-state index >= 15 is 0 Å². The first-order chi connectivity index (χ1) is 7.79. The Morgan fingerprint density at radius 2 is 1.88 bits per heavy atom. The van der Waals surface area contributed by atoms with Gasteiger partial charge in [-0.25, -0.2) is 0 Å². The zero-order valence-electron chi connectivity index (χ0n) is 11.6. The summed E-state index contributed by atoms with van der Waals surface area (Å²) in [6.07, 6.45) is 1.15. The SMILES string of the molecule is CC(C)CC(C)Nc1cccc(C(C)(C)O)c1. The molecule has 1 unspecified atom stereocenters. The summed E-state index contributed by atoms with van der Waals surface area (Å²) in [6, 6.07) is 8.46. The lowest BCUT2D eigenvalue weighted by Gasteiger charge is -2.21. The number of nitrogens with one attached hydrogen (secondary N) is 1. The second-order valence-electron chi connectivity index (χ2n) is 5.81. The molecule has 0 saturated carbocycles. The van der Waals surface area contributed by atoms with Crippen LogP contribution in [0.1, 0.15) is 46.6 Å². The van der Waals surface area contributed by atoms with Gasteiger partial charge in [-0.05, 0) is 50.8 Å². The summed E-state index contributed by atoms with van der Waals surface area (Å²) in [6.45, 7) is 10.3. The highest BCUT2D eigenvalue weighted by Gasteiger charge is 2.16. The summed E-state index contributed by atoms with van der Waals surface area (Å²) in [5, 5.41) is 13.4. The summed E-state index contributed by atoms with van der Waals surface area (Å²) in [5.41, 5.74) is 1.25. The van der Waals surface area contributed by atoms with Crippen LogP contribution in [-0.4, -0.2) is 11.1 Å². The molecule has 0 aromatic heterocycles. The zero-order chi connectivity index (χ0) is 13.1. The topological polar surface area (TPSA) is 32.3 Å². The van der Waals surface area contributed by atoms with Crippen molar-refractivity contribution in [3.63, 3.8) is 0 Å². The van der Waals surface area contributed by atoms with Gasteiger partial charge in [0.25, 0.3) is 0 Å². The largest absolute Gasteiger partial charge is 0.386 e. The van der Waals surface area contributed by atoms with Crippen LogP contribution in [0.25, 0.3) is 0 Å². The van der Waals surface area contributed by atoms with Gasteiger partial charge in [-0.3, -0.25) is 0 Å². The maximum absolute atomic E-state index is 9.97. The average molecular weight is 235 g/mol. The van der Waals surface area contributed by atoms with Gasteiger partial charge in [0.2, 0.25) is 0 Å². The van der Waals surface area contributed by atoms with Gasteiger partial charge < -0.3 is 10.4 Å². The van der Waals surface area contributed by atoms with Gasteiger partial charge in [-0.15, -0.1) is 0 Å². The molecule has 0 aliphatic carbocycles. The van der Waals surface area contributed by atoms with E-state index in [2.05, 4.69) is 26.1 Å². The monoisotopic (exact) mass is 235 g/mol. The highest BCUT2D eigenvalue weighted by molar-refractivity contribution is 5.47. The van der Waals surface area contributed by atoms with E-state index < -0.39 is 5.60 Å². The molecule has 0 aliphatic rings. The van der Waals surface area contributed by atoms with Gasteiger partial charge in [0.05, 0.1) is 5.60 Å². The molecule has 17 heavy (non-hydrogen) atoms. The normalized spacial score (nSPS) is 13.8. The van der Waals surface area contributed by atoms with Crippen LogP contribution in [-0.2, 0) is 5.60 Å². The van der Waals surface area contributed by atoms with E-state index in [0.717, 1.165) is 17.7 Å². The summed E-state index contributed by atoms with van der Waals surface area (Å²) in [5.74, 6) is 0.690. The second kappa shape index (κ2) is 5.54. The van der Waals surface area contributed by atoms with Crippen LogP contribution in [0.15, 0.2) is 24.3 Å². The molecular formula is C15H25NO. The molecule has 0 saturated heterocycles. The molecule has 1 rings (SSSR count). The van der Waals surface area contributed by atoms with Crippen LogP contribution in [0.3, 0.4) is 0 Å². The lowest BCUT2D eigenvalue weighted by molar-refractivity contribution is 0.0786. The molecule has 0 amide bonds. The minimum atomic E-state index is -0.779. The molecule has 0 bridgehead atoms. The molecule has 1 aromatic rings. The predicted octanol–water partition coefficient (Wildman–Crippen LogP) is 3.76. The first-order valence-electron chi connectivity index (χ1n) is 6.38. The van der Waals surface area contributed by atoms with Crippen LogP contribution in [0.2, 0.25) is 0 Å². The molecule has 2 nitrogen and oxygen atoms in total. The Labute approximate surface area is 105 Å². The van der Waals surface area contributed by atoms with Crippen molar-refractivity contribution in [2.45, 2.75) is 52.7 Å². The van der Waals surface area contributed by atoms with Crippen molar-refractivity contribution in [3.8, 4) is 0 Å². The van der Waals surface area contributed by atoms with Gasteiger partial charge in [0.1, 0.15) is 0 Å².